The SMILES string of the molecule is CCC(NC(=O)NC(C)C(C)CO)c1ccncc1. The lowest BCUT2D eigenvalue weighted by atomic mass is 10.1. The van der Waals surface area contributed by atoms with Crippen molar-refractivity contribution in [3.05, 3.63) is 30.1 Å². The van der Waals surface area contributed by atoms with Gasteiger partial charge in [0.05, 0.1) is 6.04 Å². The molecule has 0 radical (unpaired) electrons. The smallest absolute Gasteiger partial charge is 0.315 e. The fourth-order valence-corrected chi connectivity index (χ4v) is 1.72. The van der Waals surface area contributed by atoms with Gasteiger partial charge in [-0.15, -0.1) is 0 Å². The van der Waals surface area contributed by atoms with Crippen molar-refractivity contribution in [2.24, 2.45) is 5.92 Å². The summed E-state index contributed by atoms with van der Waals surface area (Å²) in [6.07, 6.45) is 4.24. The predicted molar refractivity (Wildman–Crippen MR) is 74.6 cm³/mol. The van der Waals surface area contributed by atoms with Crippen LogP contribution in [0.15, 0.2) is 24.5 Å². The number of carbonyl (C=O) groups is 1. The molecule has 0 saturated heterocycles. The molecule has 0 bridgehead atoms. The Morgan fingerprint density at radius 1 is 1.32 bits per heavy atom. The second-order valence-electron chi connectivity index (χ2n) is 4.81. The van der Waals surface area contributed by atoms with Crippen molar-refractivity contribution in [2.75, 3.05) is 6.61 Å². The van der Waals surface area contributed by atoms with E-state index in [1.54, 1.807) is 12.4 Å². The minimum Gasteiger partial charge on any atom is -0.396 e. The summed E-state index contributed by atoms with van der Waals surface area (Å²) in [6, 6.07) is 3.48. The van der Waals surface area contributed by atoms with Crippen LogP contribution in [0.25, 0.3) is 0 Å². The summed E-state index contributed by atoms with van der Waals surface area (Å²) in [5.74, 6) is 0.0340. The van der Waals surface area contributed by atoms with E-state index in [1.165, 1.54) is 0 Å². The molecule has 19 heavy (non-hydrogen) atoms. The topological polar surface area (TPSA) is 74.2 Å². The van der Waals surface area contributed by atoms with Gasteiger partial charge in [-0.25, -0.2) is 4.79 Å². The Morgan fingerprint density at radius 3 is 2.47 bits per heavy atom. The number of amides is 2. The van der Waals surface area contributed by atoms with Gasteiger partial charge >= 0.3 is 6.03 Å². The van der Waals surface area contributed by atoms with Gasteiger partial charge in [-0.05, 0) is 37.0 Å². The fourth-order valence-electron chi connectivity index (χ4n) is 1.72. The number of aromatic nitrogens is 1. The van der Waals surface area contributed by atoms with Gasteiger partial charge in [0.15, 0.2) is 0 Å². The van der Waals surface area contributed by atoms with Crippen molar-refractivity contribution in [2.45, 2.75) is 39.3 Å². The molecule has 1 rings (SSSR count). The molecule has 0 spiro atoms. The predicted octanol–water partition coefficient (Wildman–Crippen LogP) is 1.85. The van der Waals surface area contributed by atoms with Gasteiger partial charge < -0.3 is 15.7 Å². The Morgan fingerprint density at radius 2 is 1.95 bits per heavy atom. The van der Waals surface area contributed by atoms with Gasteiger partial charge in [0.1, 0.15) is 0 Å². The van der Waals surface area contributed by atoms with Crippen molar-refractivity contribution < 1.29 is 9.90 Å². The second kappa shape index (κ2) is 7.74. The molecule has 2 amide bonds. The zero-order chi connectivity index (χ0) is 14.3. The Kier molecular flexibility index (Phi) is 6.29. The molecule has 3 unspecified atom stereocenters. The number of hydrogen-bond donors (Lipinski definition) is 3. The first-order valence-electron chi connectivity index (χ1n) is 6.66. The molecule has 3 atom stereocenters. The molecule has 3 N–H and O–H groups in total. The number of aliphatic hydroxyl groups excluding tert-OH is 1. The third kappa shape index (κ3) is 4.87. The molecule has 0 aliphatic carbocycles. The summed E-state index contributed by atoms with van der Waals surface area (Å²) < 4.78 is 0. The Labute approximate surface area is 114 Å². The van der Waals surface area contributed by atoms with Crippen LogP contribution in [-0.2, 0) is 0 Å². The number of hydrogen-bond acceptors (Lipinski definition) is 3. The molecule has 1 aromatic heterocycles. The molecule has 0 fully saturated rings. The van der Waals surface area contributed by atoms with Crippen LogP contribution < -0.4 is 10.6 Å². The molecule has 5 heteroatoms. The van der Waals surface area contributed by atoms with E-state index in [9.17, 15) is 4.79 Å². The number of pyridine rings is 1. The molecule has 0 saturated carbocycles. The minimum absolute atomic E-state index is 0.0281. The van der Waals surface area contributed by atoms with Gasteiger partial charge in [0.25, 0.3) is 0 Å². The maximum Gasteiger partial charge on any atom is 0.315 e. The minimum atomic E-state index is -0.212. The van der Waals surface area contributed by atoms with Crippen molar-refractivity contribution in [1.29, 1.82) is 0 Å². The average molecular weight is 265 g/mol. The lowest BCUT2D eigenvalue weighted by molar-refractivity contribution is 0.199. The Hall–Kier alpha value is -1.62. The highest BCUT2D eigenvalue weighted by molar-refractivity contribution is 5.74. The maximum atomic E-state index is 11.9. The monoisotopic (exact) mass is 265 g/mol. The molecule has 0 aliphatic rings. The summed E-state index contributed by atoms with van der Waals surface area (Å²) in [4.78, 5) is 15.9. The number of carbonyl (C=O) groups excluding carboxylic acids is 1. The molecule has 0 aliphatic heterocycles. The maximum absolute atomic E-state index is 11.9. The van der Waals surface area contributed by atoms with E-state index in [2.05, 4.69) is 15.6 Å². The van der Waals surface area contributed by atoms with Crippen LogP contribution in [0.2, 0.25) is 0 Å². The average Bonchev–Trinajstić information content (AvgIpc) is 2.44. The fraction of sp³-hybridized carbons (Fsp3) is 0.571. The quantitative estimate of drug-likeness (QED) is 0.735. The Balaban J connectivity index is 2.55. The van der Waals surface area contributed by atoms with Crippen molar-refractivity contribution in [1.82, 2.24) is 15.6 Å². The van der Waals surface area contributed by atoms with E-state index in [4.69, 9.17) is 5.11 Å². The van der Waals surface area contributed by atoms with E-state index in [1.807, 2.05) is 32.9 Å². The number of urea groups is 1. The number of nitrogens with zero attached hydrogens (tertiary/aromatic N) is 1. The molecule has 0 aromatic carbocycles. The lowest BCUT2D eigenvalue weighted by Gasteiger charge is -2.22. The zero-order valence-electron chi connectivity index (χ0n) is 11.8. The summed E-state index contributed by atoms with van der Waals surface area (Å²) in [7, 11) is 0. The molecule has 1 heterocycles. The van der Waals surface area contributed by atoms with E-state index < -0.39 is 0 Å². The van der Waals surface area contributed by atoms with Gasteiger partial charge in [-0.1, -0.05) is 13.8 Å². The molecular formula is C14H23N3O2. The van der Waals surface area contributed by atoms with E-state index >= 15 is 0 Å². The molecule has 5 nitrogen and oxygen atoms in total. The van der Waals surface area contributed by atoms with Crippen LogP contribution >= 0.6 is 0 Å². The molecular weight excluding hydrogens is 242 g/mol. The van der Waals surface area contributed by atoms with Gasteiger partial charge in [-0.2, -0.15) is 0 Å². The number of rotatable bonds is 6. The second-order valence-corrected chi connectivity index (χ2v) is 4.81. The number of nitrogens with one attached hydrogen (secondary N) is 2. The van der Waals surface area contributed by atoms with Gasteiger partial charge in [0, 0.05) is 25.0 Å². The third-order valence-electron chi connectivity index (χ3n) is 3.32. The van der Waals surface area contributed by atoms with Gasteiger partial charge in [-0.3, -0.25) is 4.98 Å². The lowest BCUT2D eigenvalue weighted by Crippen LogP contribution is -2.45. The third-order valence-corrected chi connectivity index (χ3v) is 3.32. The Bertz CT molecular complexity index is 384. The first-order valence-corrected chi connectivity index (χ1v) is 6.66. The van der Waals surface area contributed by atoms with Crippen molar-refractivity contribution in [3.63, 3.8) is 0 Å². The van der Waals surface area contributed by atoms with E-state index in [-0.39, 0.29) is 30.6 Å². The van der Waals surface area contributed by atoms with Crippen LogP contribution in [0.3, 0.4) is 0 Å². The van der Waals surface area contributed by atoms with Crippen LogP contribution in [0.5, 0.6) is 0 Å². The van der Waals surface area contributed by atoms with Crippen LogP contribution in [0.1, 0.15) is 38.8 Å². The van der Waals surface area contributed by atoms with E-state index in [0.29, 0.717) is 0 Å². The summed E-state index contributed by atoms with van der Waals surface area (Å²) in [6.45, 7) is 5.85. The molecule has 106 valence electrons. The highest BCUT2D eigenvalue weighted by Gasteiger charge is 2.16. The zero-order valence-corrected chi connectivity index (χ0v) is 11.8. The van der Waals surface area contributed by atoms with Crippen molar-refractivity contribution >= 4 is 6.03 Å². The highest BCUT2D eigenvalue weighted by Crippen LogP contribution is 2.15. The first-order chi connectivity index (χ1) is 9.08. The molecule has 1 aromatic rings. The first kappa shape index (κ1) is 15.4. The standard InChI is InChI=1S/C14H23N3O2/c1-4-13(12-5-7-15-8-6-12)17-14(19)16-11(3)10(2)9-18/h5-8,10-11,13,18H,4,9H2,1-3H3,(H2,16,17,19). The summed E-state index contributed by atoms with van der Waals surface area (Å²) in [5.41, 5.74) is 1.04. The normalized spacial score (nSPS) is 15.4. The highest BCUT2D eigenvalue weighted by atomic mass is 16.3. The van der Waals surface area contributed by atoms with Crippen LogP contribution in [0, 0.1) is 5.92 Å². The van der Waals surface area contributed by atoms with Crippen molar-refractivity contribution in [3.8, 4) is 0 Å². The summed E-state index contributed by atoms with van der Waals surface area (Å²) >= 11 is 0. The number of aliphatic hydroxyl groups is 1. The van der Waals surface area contributed by atoms with Crippen LogP contribution in [0.4, 0.5) is 4.79 Å². The van der Waals surface area contributed by atoms with Gasteiger partial charge in [0.2, 0.25) is 0 Å². The largest absolute Gasteiger partial charge is 0.396 e. The van der Waals surface area contributed by atoms with E-state index in [0.717, 1.165) is 12.0 Å². The van der Waals surface area contributed by atoms with Crippen LogP contribution in [-0.4, -0.2) is 28.8 Å². The summed E-state index contributed by atoms with van der Waals surface area (Å²) in [5, 5.41) is 14.8.